The fourth-order valence-corrected chi connectivity index (χ4v) is 5.93. The molecule has 0 radical (unpaired) electrons. The molecule has 1 atom stereocenters. The van der Waals surface area contributed by atoms with Crippen LogP contribution in [0.4, 0.5) is 13.2 Å². The van der Waals surface area contributed by atoms with Crippen molar-refractivity contribution in [3.63, 3.8) is 0 Å². The van der Waals surface area contributed by atoms with Gasteiger partial charge in [0, 0.05) is 5.02 Å². The second-order valence-electron chi connectivity index (χ2n) is 8.10. The van der Waals surface area contributed by atoms with Crippen LogP contribution in [0.1, 0.15) is 24.1 Å². The van der Waals surface area contributed by atoms with E-state index >= 15 is 0 Å². The molecule has 0 spiro atoms. The zero-order chi connectivity index (χ0) is 29.2. The maximum Gasteiger partial charge on any atom is 0.434 e. The first-order valence-electron chi connectivity index (χ1n) is 11.4. The predicted molar refractivity (Wildman–Crippen MR) is 149 cm³/mol. The van der Waals surface area contributed by atoms with E-state index in [2.05, 4.69) is 4.99 Å². The number of methoxy groups -OCH3 is 1. The Morgan fingerprint density at radius 2 is 2.00 bits per heavy atom. The summed E-state index contributed by atoms with van der Waals surface area (Å²) in [5.41, 5.74) is -2.20. The van der Waals surface area contributed by atoms with Crippen LogP contribution in [0.2, 0.25) is 5.02 Å². The smallest absolute Gasteiger partial charge is 0.434 e. The fraction of sp³-hybridized carbons (Fsp3) is 0.231. The molecule has 0 N–H and O–H groups in total. The number of carbonyl (C=O) groups excluding carboxylic acids is 1. The summed E-state index contributed by atoms with van der Waals surface area (Å²) in [4.78, 5) is 30.1. The number of nitriles is 1. The van der Waals surface area contributed by atoms with Crippen molar-refractivity contribution in [3.05, 3.63) is 87.1 Å². The van der Waals surface area contributed by atoms with Crippen molar-refractivity contribution >= 4 is 57.6 Å². The molecule has 3 aromatic rings. The minimum atomic E-state index is -5.01. The van der Waals surface area contributed by atoms with E-state index in [1.807, 2.05) is 28.7 Å². The number of hydrogen-bond acceptors (Lipinski definition) is 8. The molecular weight excluding hydrogens is 686 g/mol. The van der Waals surface area contributed by atoms with Crippen LogP contribution in [0.25, 0.3) is 6.08 Å². The number of nitrogens with zero attached hydrogens (tertiary/aromatic N) is 3. The number of esters is 1. The number of aromatic nitrogens is 1. The average molecular weight is 704 g/mol. The van der Waals surface area contributed by atoms with Crippen LogP contribution in [0.15, 0.2) is 57.5 Å². The number of carbonyl (C=O) groups is 1. The Morgan fingerprint density at radius 3 is 2.60 bits per heavy atom. The van der Waals surface area contributed by atoms with Gasteiger partial charge in [-0.2, -0.15) is 18.4 Å². The second kappa shape index (κ2) is 12.0. The zero-order valence-corrected chi connectivity index (χ0v) is 24.4. The first-order valence-corrected chi connectivity index (χ1v) is 13.7. The Kier molecular flexibility index (Phi) is 8.91. The lowest BCUT2D eigenvalue weighted by Crippen LogP contribution is -2.41. The van der Waals surface area contributed by atoms with Crippen molar-refractivity contribution in [2.75, 3.05) is 20.3 Å². The summed E-state index contributed by atoms with van der Waals surface area (Å²) in [6.07, 6.45) is -3.53. The molecule has 8 nitrogen and oxygen atoms in total. The van der Waals surface area contributed by atoms with Crippen molar-refractivity contribution in [1.29, 1.82) is 5.26 Å². The molecule has 0 fully saturated rings. The predicted octanol–water partition coefficient (Wildman–Crippen LogP) is 4.51. The van der Waals surface area contributed by atoms with Crippen LogP contribution in [0.3, 0.4) is 0 Å². The minimum absolute atomic E-state index is 0.0629. The number of allylic oxidation sites excluding steroid dienone is 1. The molecule has 0 aliphatic carbocycles. The van der Waals surface area contributed by atoms with Gasteiger partial charge in [0.1, 0.15) is 6.07 Å². The van der Waals surface area contributed by atoms with Gasteiger partial charge in [-0.1, -0.05) is 35.1 Å². The van der Waals surface area contributed by atoms with Crippen molar-refractivity contribution < 1.29 is 32.2 Å². The lowest BCUT2D eigenvalue weighted by molar-refractivity contribution is -0.140. The Hall–Kier alpha value is -3.35. The standard InChI is InChI=1S/C26H18ClF3IN3O5S/c1-3-38-24(36)19-20(14-4-6-15(27)7-5-14)34-23(35)18(40-25(34)33-22(19)26(28,29)30)12-13-10-16(31)21(39-9-8-32)17(11-13)37-2/h4-7,10-12,20H,3,9H2,1-2H3/b18-12-/t20-/m1/s1. The normalized spacial score (nSPS) is 15.2. The molecule has 0 amide bonds. The summed E-state index contributed by atoms with van der Waals surface area (Å²) in [6.45, 7) is 1.07. The van der Waals surface area contributed by atoms with Crippen molar-refractivity contribution in [1.82, 2.24) is 4.57 Å². The first-order chi connectivity index (χ1) is 19.0. The van der Waals surface area contributed by atoms with Gasteiger partial charge in [-0.25, -0.2) is 9.79 Å². The summed E-state index contributed by atoms with van der Waals surface area (Å²) in [5, 5.41) is 9.15. The van der Waals surface area contributed by atoms with Gasteiger partial charge in [0.15, 0.2) is 28.6 Å². The average Bonchev–Trinajstić information content (AvgIpc) is 3.21. The van der Waals surface area contributed by atoms with Crippen molar-refractivity contribution in [2.24, 2.45) is 4.99 Å². The van der Waals surface area contributed by atoms with Crippen LogP contribution >= 0.6 is 45.5 Å². The second-order valence-corrected chi connectivity index (χ2v) is 10.7. The molecule has 2 aromatic carbocycles. The van der Waals surface area contributed by atoms with E-state index in [1.165, 1.54) is 44.4 Å². The lowest BCUT2D eigenvalue weighted by Gasteiger charge is -2.26. The molecule has 208 valence electrons. The van der Waals surface area contributed by atoms with E-state index < -0.39 is 35.0 Å². The molecule has 0 unspecified atom stereocenters. The number of thiazole rings is 1. The third kappa shape index (κ3) is 5.89. The third-order valence-electron chi connectivity index (χ3n) is 5.61. The first kappa shape index (κ1) is 29.6. The van der Waals surface area contributed by atoms with E-state index in [-0.39, 0.29) is 28.1 Å². The molecule has 1 aliphatic heterocycles. The largest absolute Gasteiger partial charge is 0.493 e. The molecule has 0 saturated carbocycles. The van der Waals surface area contributed by atoms with Crippen LogP contribution in [-0.4, -0.2) is 37.0 Å². The number of halogens is 5. The summed E-state index contributed by atoms with van der Waals surface area (Å²) >= 11 is 8.71. The quantitative estimate of drug-likeness (QED) is 0.265. The van der Waals surface area contributed by atoms with E-state index in [1.54, 1.807) is 12.1 Å². The zero-order valence-electron chi connectivity index (χ0n) is 20.7. The molecule has 0 saturated heterocycles. The Balaban J connectivity index is 1.99. The van der Waals surface area contributed by atoms with Crippen LogP contribution < -0.4 is 24.4 Å². The molecule has 1 aromatic heterocycles. The lowest BCUT2D eigenvalue weighted by atomic mass is 9.95. The van der Waals surface area contributed by atoms with Crippen LogP contribution in [0, 0.1) is 14.9 Å². The molecule has 40 heavy (non-hydrogen) atoms. The van der Waals surface area contributed by atoms with E-state index in [4.69, 9.17) is 31.1 Å². The minimum Gasteiger partial charge on any atom is -0.493 e. The SMILES string of the molecule is CCOC(=O)C1=C(C(F)(F)F)N=c2s/c(=C\c3cc(I)c(OCC#N)c(OC)c3)c(=O)n2[C@@H]1c1ccc(Cl)cc1. The molecule has 4 rings (SSSR count). The molecular formula is C26H18ClF3IN3O5S. The van der Waals surface area contributed by atoms with Gasteiger partial charge in [-0.05, 0) is 71.0 Å². The molecule has 0 bridgehead atoms. The number of alkyl halides is 3. The fourth-order valence-electron chi connectivity index (χ4n) is 4.02. The number of ether oxygens (including phenoxy) is 3. The highest BCUT2D eigenvalue weighted by Gasteiger charge is 2.45. The van der Waals surface area contributed by atoms with Crippen LogP contribution in [-0.2, 0) is 9.53 Å². The summed E-state index contributed by atoms with van der Waals surface area (Å²) in [7, 11) is 1.41. The number of rotatable bonds is 7. The van der Waals surface area contributed by atoms with Gasteiger partial charge in [-0.15, -0.1) is 0 Å². The summed E-state index contributed by atoms with van der Waals surface area (Å²) in [6, 6.07) is 9.41. The molecule has 14 heteroatoms. The van der Waals surface area contributed by atoms with Crippen molar-refractivity contribution in [3.8, 4) is 17.6 Å². The van der Waals surface area contributed by atoms with Gasteiger partial charge in [-0.3, -0.25) is 9.36 Å². The highest BCUT2D eigenvalue weighted by molar-refractivity contribution is 14.1. The molecule has 2 heterocycles. The highest BCUT2D eigenvalue weighted by Crippen LogP contribution is 2.39. The van der Waals surface area contributed by atoms with E-state index in [0.717, 1.165) is 15.9 Å². The third-order valence-corrected chi connectivity index (χ3v) is 7.65. The van der Waals surface area contributed by atoms with E-state index in [9.17, 15) is 22.8 Å². The van der Waals surface area contributed by atoms with Crippen molar-refractivity contribution in [2.45, 2.75) is 19.1 Å². The van der Waals surface area contributed by atoms with Gasteiger partial charge < -0.3 is 14.2 Å². The molecule has 1 aliphatic rings. The van der Waals surface area contributed by atoms with Gasteiger partial charge >= 0.3 is 12.1 Å². The number of fused-ring (bicyclic) bond motifs is 1. The number of hydrogen-bond donors (Lipinski definition) is 0. The highest BCUT2D eigenvalue weighted by atomic mass is 127. The monoisotopic (exact) mass is 703 g/mol. The topological polar surface area (TPSA) is 103 Å². The Bertz CT molecular complexity index is 1730. The maximum atomic E-state index is 14.2. The summed E-state index contributed by atoms with van der Waals surface area (Å²) < 4.78 is 60.1. The van der Waals surface area contributed by atoms with Gasteiger partial charge in [0.25, 0.3) is 5.56 Å². The van der Waals surface area contributed by atoms with Gasteiger partial charge in [0.2, 0.25) is 0 Å². The summed E-state index contributed by atoms with van der Waals surface area (Å²) in [5.74, 6) is -0.607. The Labute approximate surface area is 247 Å². The van der Waals surface area contributed by atoms with Crippen LogP contribution in [0.5, 0.6) is 11.5 Å². The Morgan fingerprint density at radius 1 is 1.30 bits per heavy atom. The number of benzene rings is 2. The van der Waals surface area contributed by atoms with Gasteiger partial charge in [0.05, 0.1) is 33.4 Å². The maximum absolute atomic E-state index is 14.2. The van der Waals surface area contributed by atoms with E-state index in [0.29, 0.717) is 25.7 Å².